The number of carbonyl (C=O) groups is 5. The third kappa shape index (κ3) is 83.3. The molecule has 0 aliphatic rings. The van der Waals surface area contributed by atoms with Gasteiger partial charge in [-0.15, -0.1) is 0 Å². The van der Waals surface area contributed by atoms with Crippen LogP contribution in [0.3, 0.4) is 0 Å². The van der Waals surface area contributed by atoms with E-state index in [4.69, 9.17) is 46.0 Å². The number of carbonyl (C=O) groups excluding carboxylic acids is 2. The summed E-state index contributed by atoms with van der Waals surface area (Å²) >= 11 is 0. The molecule has 0 aromatic rings. The molecule has 0 saturated heterocycles. The van der Waals surface area contributed by atoms with E-state index in [-0.39, 0.29) is 0 Å². The number of aliphatic imine (C=N–C) groups is 2. The van der Waals surface area contributed by atoms with E-state index in [0.29, 0.717) is 13.1 Å². The van der Waals surface area contributed by atoms with Gasteiger partial charge in [-0.25, -0.2) is 43.5 Å². The number of aliphatic hydroxyl groups excluding tert-OH is 4. The Morgan fingerprint density at radius 2 is 0.652 bits per heavy atom. The van der Waals surface area contributed by atoms with E-state index in [2.05, 4.69) is 42.9 Å². The van der Waals surface area contributed by atoms with Gasteiger partial charge in [-0.1, -0.05) is 45.7 Å². The van der Waals surface area contributed by atoms with Crippen LogP contribution >= 0.6 is 0 Å². The molecule has 0 heterocycles. The third-order valence-corrected chi connectivity index (χ3v) is 3.63. The highest BCUT2D eigenvalue weighted by molar-refractivity contribution is 5.80. The second-order valence-corrected chi connectivity index (χ2v) is 7.20. The van der Waals surface area contributed by atoms with Gasteiger partial charge in [0.15, 0.2) is 0 Å². The molecule has 0 unspecified atom stereocenters. The normalized spacial score (nSPS) is 8.00. The zero-order chi connectivity index (χ0) is 37.8. The highest BCUT2D eigenvalue weighted by Crippen LogP contribution is 2.11. The first-order valence-corrected chi connectivity index (χ1v) is 12.3. The number of hydrogen-bond acceptors (Lipinski definition) is 13. The van der Waals surface area contributed by atoms with Gasteiger partial charge in [0.1, 0.15) is 0 Å². The number of hydrogen-bond donors (Lipinski definition) is 9. The maximum atomic E-state index is 9.63. The minimum atomic E-state index is -1.11. The average molecular weight is 665 g/mol. The molecule has 262 valence electrons. The quantitative estimate of drug-likeness (QED) is 0.0468. The summed E-state index contributed by atoms with van der Waals surface area (Å²) in [4.78, 5) is 72.3. The van der Waals surface area contributed by atoms with E-state index in [1.54, 1.807) is 0 Å². The fourth-order valence-corrected chi connectivity index (χ4v) is 1.13. The van der Waals surface area contributed by atoms with Crippen LogP contribution in [0.25, 0.3) is 0 Å². The SMILES string of the molecule is C=CC(=O)O.C=CC(=O)O.C=CC(=O)O.C=CC(=O)O.C=CC(=O)O.O=C=NCCCCCCN=C=O.OCC(CO)(CO)CO. The van der Waals surface area contributed by atoms with Gasteiger partial charge in [0.05, 0.1) is 44.9 Å². The summed E-state index contributed by atoms with van der Waals surface area (Å²) in [6.07, 6.45) is 11.0. The van der Waals surface area contributed by atoms with Crippen LogP contribution in [0.1, 0.15) is 25.7 Å². The lowest BCUT2D eigenvalue weighted by Gasteiger charge is -2.23. The van der Waals surface area contributed by atoms with Crippen LogP contribution in [0, 0.1) is 5.41 Å². The standard InChI is InChI=1S/C8H12N2O2.C5H12O4.5C3H4O2/c11-7-9-5-3-1-2-4-6-10-8-12;6-1-5(2-7,3-8)4-9;5*1-2-3(4)5/h1-6H2;6-9H,1-4H2;5*2H,1H2,(H,4,5). The zero-order valence-corrected chi connectivity index (χ0v) is 25.3. The summed E-state index contributed by atoms with van der Waals surface area (Å²) in [6.45, 7) is 14.3. The maximum absolute atomic E-state index is 9.63. The molecule has 0 aliphatic carbocycles. The number of carboxylic acids is 5. The van der Waals surface area contributed by atoms with Crippen molar-refractivity contribution < 1.29 is 79.5 Å². The van der Waals surface area contributed by atoms with Crippen molar-refractivity contribution in [2.24, 2.45) is 15.4 Å². The Morgan fingerprint density at radius 1 is 0.478 bits per heavy atom. The minimum Gasteiger partial charge on any atom is -0.478 e. The first-order valence-electron chi connectivity index (χ1n) is 12.3. The Morgan fingerprint density at radius 3 is 0.739 bits per heavy atom. The maximum Gasteiger partial charge on any atom is 0.327 e. The van der Waals surface area contributed by atoms with Crippen molar-refractivity contribution in [3.63, 3.8) is 0 Å². The molecule has 0 fully saturated rings. The Hall–Kier alpha value is -5.35. The summed E-state index contributed by atoms with van der Waals surface area (Å²) in [5, 5.41) is 72.0. The molecule has 0 atom stereocenters. The van der Waals surface area contributed by atoms with Gasteiger partial charge in [-0.05, 0) is 12.8 Å². The Bertz CT molecular complexity index is 819. The van der Waals surface area contributed by atoms with E-state index >= 15 is 0 Å². The predicted molar refractivity (Wildman–Crippen MR) is 164 cm³/mol. The molecule has 0 amide bonds. The highest BCUT2D eigenvalue weighted by atomic mass is 16.4. The Labute approximate surface area is 265 Å². The Balaban J connectivity index is -0.0000000801. The van der Waals surface area contributed by atoms with E-state index in [1.807, 2.05) is 0 Å². The van der Waals surface area contributed by atoms with Crippen molar-refractivity contribution in [2.75, 3.05) is 39.5 Å². The van der Waals surface area contributed by atoms with Gasteiger partial charge in [0, 0.05) is 30.4 Å². The van der Waals surface area contributed by atoms with Crippen LogP contribution in [0.15, 0.2) is 73.3 Å². The lowest BCUT2D eigenvalue weighted by molar-refractivity contribution is -0.132. The van der Waals surface area contributed by atoms with E-state index < -0.39 is 61.7 Å². The molecule has 18 nitrogen and oxygen atoms in total. The van der Waals surface area contributed by atoms with Crippen molar-refractivity contribution in [2.45, 2.75) is 25.7 Å². The molecule has 0 aromatic heterocycles. The molecular formula is C28H44N2O16. The summed E-state index contributed by atoms with van der Waals surface area (Å²) in [5.41, 5.74) is -1.11. The van der Waals surface area contributed by atoms with Gasteiger partial charge >= 0.3 is 29.8 Å². The first kappa shape index (κ1) is 56.4. The highest BCUT2D eigenvalue weighted by Gasteiger charge is 2.26. The average Bonchev–Trinajstić information content (AvgIpc) is 3.05. The van der Waals surface area contributed by atoms with Gasteiger partial charge in [-0.3, -0.25) is 0 Å². The molecule has 0 aliphatic heterocycles. The topological polar surface area (TPSA) is 326 Å². The molecule has 46 heavy (non-hydrogen) atoms. The predicted octanol–water partition coefficient (Wildman–Crippen LogP) is 0.445. The zero-order valence-electron chi connectivity index (χ0n) is 25.3. The van der Waals surface area contributed by atoms with E-state index in [0.717, 1.165) is 56.1 Å². The van der Waals surface area contributed by atoms with Crippen LogP contribution in [-0.4, -0.2) is 127 Å². The fraction of sp³-hybridized carbons (Fsp3) is 0.393. The lowest BCUT2D eigenvalue weighted by atomic mass is 9.93. The minimum absolute atomic E-state index is 0.406. The molecular weight excluding hydrogens is 620 g/mol. The molecule has 9 N–H and O–H groups in total. The van der Waals surface area contributed by atoms with Crippen LogP contribution in [0.2, 0.25) is 0 Å². The van der Waals surface area contributed by atoms with Crippen molar-refractivity contribution in [1.29, 1.82) is 0 Å². The molecule has 18 heteroatoms. The molecule has 0 rings (SSSR count). The van der Waals surface area contributed by atoms with Crippen molar-refractivity contribution >= 4 is 42.0 Å². The Kier molecular flexibility index (Phi) is 60.5. The van der Waals surface area contributed by atoms with Gasteiger partial charge in [-0.2, -0.15) is 0 Å². The number of nitrogens with zero attached hydrogens (tertiary/aromatic N) is 2. The van der Waals surface area contributed by atoms with Gasteiger partial charge in [0.25, 0.3) is 0 Å². The second kappa shape index (κ2) is 49.3. The molecule has 0 saturated carbocycles. The van der Waals surface area contributed by atoms with Crippen LogP contribution in [-0.2, 0) is 33.6 Å². The number of aliphatic carboxylic acids is 5. The molecule has 0 bridgehead atoms. The number of carboxylic acid groups (broad SMARTS) is 5. The van der Waals surface area contributed by atoms with E-state index in [9.17, 15) is 33.6 Å². The number of isocyanates is 2. The molecule has 0 radical (unpaired) electrons. The summed E-state index contributed by atoms with van der Waals surface area (Å²) in [6, 6.07) is 0. The van der Waals surface area contributed by atoms with Gasteiger partial charge < -0.3 is 46.0 Å². The first-order chi connectivity index (χ1) is 21.5. The van der Waals surface area contributed by atoms with Crippen molar-refractivity contribution in [1.82, 2.24) is 0 Å². The third-order valence-electron chi connectivity index (χ3n) is 3.63. The smallest absolute Gasteiger partial charge is 0.327 e. The number of aliphatic hydroxyl groups is 4. The van der Waals surface area contributed by atoms with Crippen LogP contribution in [0.5, 0.6) is 0 Å². The molecule has 0 aromatic carbocycles. The fourth-order valence-electron chi connectivity index (χ4n) is 1.13. The summed E-state index contributed by atoms with van der Waals surface area (Å²) in [7, 11) is 0. The van der Waals surface area contributed by atoms with Crippen LogP contribution < -0.4 is 0 Å². The number of rotatable bonds is 16. The monoisotopic (exact) mass is 664 g/mol. The lowest BCUT2D eigenvalue weighted by Crippen LogP contribution is -2.37. The summed E-state index contributed by atoms with van der Waals surface area (Å²) < 4.78 is 0. The van der Waals surface area contributed by atoms with Crippen LogP contribution in [0.4, 0.5) is 0 Å². The summed E-state index contributed by atoms with van der Waals surface area (Å²) in [5.74, 6) is -4.91. The van der Waals surface area contributed by atoms with Gasteiger partial charge in [0.2, 0.25) is 12.2 Å². The van der Waals surface area contributed by atoms with E-state index in [1.165, 1.54) is 12.2 Å². The second-order valence-electron chi connectivity index (χ2n) is 7.20. The van der Waals surface area contributed by atoms with Crippen molar-refractivity contribution in [3.05, 3.63) is 63.3 Å². The largest absolute Gasteiger partial charge is 0.478 e. The van der Waals surface area contributed by atoms with Crippen molar-refractivity contribution in [3.8, 4) is 0 Å². The molecule has 0 spiro atoms. The number of unbranched alkanes of at least 4 members (excludes halogenated alkanes) is 3.